The number of anilines is 4. The number of carbonyl (C=O) groups excluding carboxylic acids is 8. The van der Waals surface area contributed by atoms with E-state index in [1.165, 1.54) is 19.6 Å². The summed E-state index contributed by atoms with van der Waals surface area (Å²) in [5.41, 5.74) is 7.53. The fourth-order valence-corrected chi connectivity index (χ4v) is 14.7. The minimum Gasteiger partial charge on any atom is -0.497 e. The number of carbonyl (C=O) groups is 8. The number of nitrogens with one attached hydrogen (secondary N) is 4. The molecule has 0 radical (unpaired) electrons. The normalized spacial score (nSPS) is 15.1. The molecule has 4 aliphatic heterocycles. The van der Waals surface area contributed by atoms with Gasteiger partial charge < -0.3 is 99.2 Å². The molecular weight excluding hydrogens is 1830 g/mol. The smallest absolute Gasteiger partial charge is 0.270 e. The molecule has 32 heteroatoms. The van der Waals surface area contributed by atoms with E-state index in [4.69, 9.17) is 37.9 Å². The van der Waals surface area contributed by atoms with Crippen LogP contribution in [0.4, 0.5) is 22.7 Å². The van der Waals surface area contributed by atoms with Gasteiger partial charge in [0.2, 0.25) is 0 Å². The number of hydrogen-bond donors (Lipinski definition) is 8. The van der Waals surface area contributed by atoms with Crippen molar-refractivity contribution in [2.75, 3.05) is 103 Å². The number of amides is 8. The summed E-state index contributed by atoms with van der Waals surface area (Å²) in [5.74, 6) is 24.2. The number of likely N-dealkylation sites (N-methyl/N-ethyl adjacent to an activating group) is 4. The lowest BCUT2D eigenvalue weighted by Gasteiger charge is -2.20. The number of methoxy groups -OCH3 is 4. The number of fused-ring (bicyclic) bond motifs is 4. The van der Waals surface area contributed by atoms with E-state index in [9.17, 15) is 58.8 Å². The van der Waals surface area contributed by atoms with Crippen LogP contribution in [0.25, 0.3) is 44.5 Å². The molecule has 0 spiro atoms. The van der Waals surface area contributed by atoms with Crippen molar-refractivity contribution in [2.24, 2.45) is 0 Å². The summed E-state index contributed by atoms with van der Waals surface area (Å²) < 4.78 is 44.3. The molecule has 0 aliphatic carbocycles. The van der Waals surface area contributed by atoms with Crippen LogP contribution < -0.4 is 78.8 Å². The van der Waals surface area contributed by atoms with Gasteiger partial charge in [0.1, 0.15) is 142 Å². The van der Waals surface area contributed by atoms with Gasteiger partial charge >= 0.3 is 0 Å². The Hall–Kier alpha value is -17.4. The lowest BCUT2D eigenvalue weighted by atomic mass is 10.1. The number of benzene rings is 8. The van der Waals surface area contributed by atoms with Crippen LogP contribution in [-0.4, -0.2) is 217 Å². The third kappa shape index (κ3) is 27.6. The van der Waals surface area contributed by atoms with Crippen molar-refractivity contribution in [1.82, 2.24) is 41.2 Å². The summed E-state index contributed by atoms with van der Waals surface area (Å²) >= 11 is 0. The van der Waals surface area contributed by atoms with E-state index < -0.39 is 70.2 Å². The molecule has 12 aromatic rings. The first-order chi connectivity index (χ1) is 68.6. The molecule has 0 saturated heterocycles. The molecule has 4 aliphatic rings. The van der Waals surface area contributed by atoms with Crippen LogP contribution in [0.2, 0.25) is 0 Å². The van der Waals surface area contributed by atoms with Gasteiger partial charge in [0.15, 0.2) is 0 Å². The number of rotatable bonds is 16. The highest BCUT2D eigenvalue weighted by Gasteiger charge is 2.37. The van der Waals surface area contributed by atoms with E-state index in [2.05, 4.69) is 88.6 Å². The van der Waals surface area contributed by atoms with Crippen molar-refractivity contribution in [3.05, 3.63) is 288 Å². The average Bonchev–Trinajstić information content (AvgIpc) is 1.65. The Kier molecular flexibility index (Phi) is 33.0. The molecule has 8 heterocycles. The van der Waals surface area contributed by atoms with Crippen LogP contribution in [0.3, 0.4) is 0 Å². The molecule has 4 atom stereocenters. The van der Waals surface area contributed by atoms with E-state index in [0.717, 1.165) is 56.0 Å². The molecular formula is C112H108N12O20. The average molecular weight is 1940 g/mol. The van der Waals surface area contributed by atoms with Gasteiger partial charge in [0.25, 0.3) is 47.3 Å². The van der Waals surface area contributed by atoms with Gasteiger partial charge in [-0.1, -0.05) is 95.9 Å². The van der Waals surface area contributed by atoms with Gasteiger partial charge in [0, 0.05) is 75.2 Å². The molecule has 144 heavy (non-hydrogen) atoms. The maximum Gasteiger partial charge on any atom is 0.270 e. The molecule has 0 saturated carbocycles. The second-order valence-electron chi connectivity index (χ2n) is 35.5. The third-order valence-corrected chi connectivity index (χ3v) is 22.3. The topological polar surface area (TPSA) is 404 Å². The van der Waals surface area contributed by atoms with Crippen molar-refractivity contribution >= 4 is 70.0 Å². The van der Waals surface area contributed by atoms with Crippen LogP contribution in [0.5, 0.6) is 46.0 Å². The summed E-state index contributed by atoms with van der Waals surface area (Å²) in [5, 5.41) is 50.4. The molecule has 2 unspecified atom stereocenters. The standard InChI is InChI=1S/4C28H27N3O5/c2*1-28(2,34)13-11-18-5-10-25-24(15-18)31(3)27(33)23(17-36-25)30-26(32)22-16-20(12-14-29-22)19-6-8-21(35-4)9-7-19;2*1-28(2,34)12-10-18-8-9-25-24(14-18)31(3)27(33)23(17-36-25)30-26(32)22-16-20(11-13-29-22)19-6-5-7-21(15-19)35-4/h2*5-10,12,14-16,23,34H,17H2,1-4H3,(H,30,32);2*5-9,11,13-16,23,34H,17H2,1-4H3,(H,30,32)/t23-;;23-;/m1.1./s1. The van der Waals surface area contributed by atoms with Crippen molar-refractivity contribution in [2.45, 2.75) is 102 Å². The molecule has 8 N–H and O–H groups in total. The fraction of sp³-hybridized carbons (Fsp3) is 0.250. The van der Waals surface area contributed by atoms with Gasteiger partial charge in [-0.3, -0.25) is 58.3 Å². The fourth-order valence-electron chi connectivity index (χ4n) is 14.7. The number of nitrogens with zero attached hydrogens (tertiary/aromatic N) is 8. The van der Waals surface area contributed by atoms with Gasteiger partial charge in [-0.2, -0.15) is 0 Å². The van der Waals surface area contributed by atoms with E-state index >= 15 is 0 Å². The quantitative estimate of drug-likeness (QED) is 0.0417. The second-order valence-corrected chi connectivity index (χ2v) is 35.5. The number of ether oxygens (including phenoxy) is 8. The summed E-state index contributed by atoms with van der Waals surface area (Å²) in [6.07, 6.45) is 6.21. The number of pyridine rings is 4. The Morgan fingerprint density at radius 3 is 0.743 bits per heavy atom. The Morgan fingerprint density at radius 2 is 0.521 bits per heavy atom. The molecule has 736 valence electrons. The van der Waals surface area contributed by atoms with Crippen LogP contribution in [0.1, 0.15) is 120 Å². The minimum atomic E-state index is -1.14. The predicted octanol–water partition coefficient (Wildman–Crippen LogP) is 12.1. The first-order valence-corrected chi connectivity index (χ1v) is 45.4. The van der Waals surface area contributed by atoms with Crippen molar-refractivity contribution in [3.8, 4) is 138 Å². The minimum absolute atomic E-state index is 0.0330. The first kappa shape index (κ1) is 104. The predicted molar refractivity (Wildman–Crippen MR) is 544 cm³/mol. The number of hydrogen-bond acceptors (Lipinski definition) is 24. The van der Waals surface area contributed by atoms with Crippen LogP contribution in [-0.2, 0) is 19.2 Å². The van der Waals surface area contributed by atoms with Crippen molar-refractivity contribution in [3.63, 3.8) is 0 Å². The molecule has 16 rings (SSSR count). The number of aliphatic hydroxyl groups is 4. The zero-order valence-electron chi connectivity index (χ0n) is 82.1. The SMILES string of the molecule is COc1ccc(-c2ccnc(C(=O)NC3COc4ccc(C#CC(C)(C)O)cc4N(C)C3=O)c2)cc1.COc1ccc(-c2ccnc(C(=O)N[C@@H]3COc4ccc(C#CC(C)(C)O)cc4N(C)C3=O)c2)cc1.COc1cccc(-c2ccnc(C(=O)NC3COc4ccc(C#CC(C)(C)O)cc4N(C)C3=O)c2)c1.COc1cccc(-c2ccnc(C(=O)N[C@@H]3COc4ccc(C#CC(C)(C)O)cc4N(C)C3=O)c2)c1. The maximum atomic E-state index is 13.2. The Bertz CT molecular complexity index is 6700. The summed E-state index contributed by atoms with van der Waals surface area (Å²) in [4.78, 5) is 127. The van der Waals surface area contributed by atoms with Crippen LogP contribution in [0.15, 0.2) is 243 Å². The Morgan fingerprint density at radius 1 is 0.299 bits per heavy atom. The maximum absolute atomic E-state index is 13.2. The second kappa shape index (κ2) is 45.7. The van der Waals surface area contributed by atoms with E-state index in [-0.39, 0.29) is 72.8 Å². The summed E-state index contributed by atoms with van der Waals surface area (Å²) in [6, 6.07) is 60.9. The lowest BCUT2D eigenvalue weighted by Crippen LogP contribution is -2.49. The summed E-state index contributed by atoms with van der Waals surface area (Å²) in [7, 11) is 12.8. The van der Waals surface area contributed by atoms with Crippen molar-refractivity contribution < 1.29 is 96.7 Å². The molecule has 8 amide bonds. The molecule has 32 nitrogen and oxygen atoms in total. The van der Waals surface area contributed by atoms with Crippen molar-refractivity contribution in [1.29, 1.82) is 0 Å². The van der Waals surface area contributed by atoms with E-state index in [0.29, 0.717) is 79.5 Å². The monoisotopic (exact) mass is 1940 g/mol. The highest BCUT2D eigenvalue weighted by atomic mass is 16.5. The third-order valence-electron chi connectivity index (χ3n) is 22.3. The van der Waals surface area contributed by atoms with Gasteiger partial charge in [-0.15, -0.1) is 0 Å². The highest BCUT2D eigenvalue weighted by Crippen LogP contribution is 2.38. The van der Waals surface area contributed by atoms with Crippen LogP contribution >= 0.6 is 0 Å². The Labute approximate surface area is 834 Å². The van der Waals surface area contributed by atoms with Crippen LogP contribution in [0, 0.1) is 47.4 Å². The van der Waals surface area contributed by atoms with E-state index in [1.807, 2.05) is 97.1 Å². The Balaban J connectivity index is 0.000000161. The lowest BCUT2D eigenvalue weighted by molar-refractivity contribution is -0.121. The van der Waals surface area contributed by atoms with Gasteiger partial charge in [-0.25, -0.2) is 0 Å². The van der Waals surface area contributed by atoms with E-state index in [1.54, 1.807) is 258 Å². The van der Waals surface area contributed by atoms with Gasteiger partial charge in [-0.05, 0) is 270 Å². The molecule has 8 aromatic carbocycles. The highest BCUT2D eigenvalue weighted by molar-refractivity contribution is 6.07. The van der Waals surface area contributed by atoms with Gasteiger partial charge in [0.05, 0.1) is 51.2 Å². The number of aromatic nitrogens is 4. The first-order valence-electron chi connectivity index (χ1n) is 45.4. The molecule has 0 fully saturated rings. The zero-order valence-corrected chi connectivity index (χ0v) is 82.1. The summed E-state index contributed by atoms with van der Waals surface area (Å²) in [6.45, 7) is 12.6. The zero-order chi connectivity index (χ0) is 103. The largest absolute Gasteiger partial charge is 0.497 e. The molecule has 4 aromatic heterocycles. The molecule has 0 bridgehead atoms.